The summed E-state index contributed by atoms with van der Waals surface area (Å²) in [5.41, 5.74) is 9.25. The maximum Gasteiger partial charge on any atom is 0.160 e. The molecule has 5 aromatic carbocycles. The van der Waals surface area contributed by atoms with Gasteiger partial charge in [0, 0.05) is 33.7 Å². The third-order valence-corrected chi connectivity index (χ3v) is 7.61. The van der Waals surface area contributed by atoms with Crippen molar-refractivity contribution in [3.8, 4) is 45.0 Å². The molecular weight excluding hydrogens is 500 g/mol. The molecule has 41 heavy (non-hydrogen) atoms. The predicted molar refractivity (Wildman–Crippen MR) is 168 cm³/mol. The minimum Gasteiger partial charge on any atom is -0.240 e. The van der Waals surface area contributed by atoms with E-state index in [1.807, 2.05) is 22.7 Å². The van der Waals surface area contributed by atoms with Crippen molar-refractivity contribution in [2.45, 2.75) is 0 Å². The van der Waals surface area contributed by atoms with E-state index >= 15 is 0 Å². The van der Waals surface area contributed by atoms with E-state index in [-0.39, 0.29) is 0 Å². The van der Waals surface area contributed by atoms with E-state index < -0.39 is 0 Å². The summed E-state index contributed by atoms with van der Waals surface area (Å²) < 4.78 is 1.95. The average Bonchev–Trinajstić information content (AvgIpc) is 3.47. The third-order valence-electron chi connectivity index (χ3n) is 7.61. The van der Waals surface area contributed by atoms with Crippen LogP contribution >= 0.6 is 0 Å². The van der Waals surface area contributed by atoms with Crippen LogP contribution in [0, 0.1) is 0 Å². The van der Waals surface area contributed by atoms with Crippen LogP contribution in [0.4, 0.5) is 0 Å². The highest BCUT2D eigenvalue weighted by molar-refractivity contribution is 5.94. The summed E-state index contributed by atoms with van der Waals surface area (Å²) >= 11 is 0. The highest BCUT2D eigenvalue weighted by Gasteiger charge is 2.13. The Bertz CT molecular complexity index is 2140. The smallest absolute Gasteiger partial charge is 0.160 e. The van der Waals surface area contributed by atoms with Gasteiger partial charge in [-0.15, -0.1) is 0 Å². The molecule has 0 spiro atoms. The summed E-state index contributed by atoms with van der Waals surface area (Å²) in [6.45, 7) is 0. The summed E-state index contributed by atoms with van der Waals surface area (Å²) in [6, 6.07) is 48.3. The van der Waals surface area contributed by atoms with Gasteiger partial charge in [-0.05, 0) is 40.8 Å². The van der Waals surface area contributed by atoms with Gasteiger partial charge in [-0.2, -0.15) is 5.10 Å². The first kappa shape index (κ1) is 23.3. The quantitative estimate of drug-likeness (QED) is 0.231. The van der Waals surface area contributed by atoms with E-state index in [4.69, 9.17) is 15.1 Å². The van der Waals surface area contributed by atoms with E-state index in [1.165, 1.54) is 16.5 Å². The van der Waals surface area contributed by atoms with Crippen LogP contribution in [0.5, 0.6) is 0 Å². The molecule has 0 aliphatic carbocycles. The van der Waals surface area contributed by atoms with Gasteiger partial charge in [0.25, 0.3) is 0 Å². The van der Waals surface area contributed by atoms with Gasteiger partial charge in [0.15, 0.2) is 5.82 Å². The third kappa shape index (κ3) is 4.23. The number of aromatic nitrogens is 4. The van der Waals surface area contributed by atoms with Crippen LogP contribution in [-0.2, 0) is 0 Å². The van der Waals surface area contributed by atoms with Crippen LogP contribution < -0.4 is 0 Å². The maximum atomic E-state index is 5.12. The number of fused-ring (bicyclic) bond motifs is 3. The maximum absolute atomic E-state index is 5.12. The van der Waals surface area contributed by atoms with E-state index in [0.29, 0.717) is 5.82 Å². The van der Waals surface area contributed by atoms with Crippen molar-refractivity contribution in [3.05, 3.63) is 146 Å². The van der Waals surface area contributed by atoms with E-state index in [9.17, 15) is 0 Å². The van der Waals surface area contributed by atoms with Crippen molar-refractivity contribution >= 4 is 27.2 Å². The van der Waals surface area contributed by atoms with Gasteiger partial charge in [0.1, 0.15) is 0 Å². The fourth-order valence-corrected chi connectivity index (χ4v) is 5.51. The second kappa shape index (κ2) is 9.54. The molecule has 0 radical (unpaired) electrons. The lowest BCUT2D eigenvalue weighted by Gasteiger charge is -2.11. The first-order valence-corrected chi connectivity index (χ1v) is 13.7. The largest absolute Gasteiger partial charge is 0.240 e. The summed E-state index contributed by atoms with van der Waals surface area (Å²) in [6.07, 6.45) is 2.08. The molecule has 3 heterocycles. The molecule has 0 unspecified atom stereocenters. The van der Waals surface area contributed by atoms with Gasteiger partial charge in [-0.1, -0.05) is 115 Å². The molecule has 0 amide bonds. The Balaban J connectivity index is 1.22. The molecule has 4 nitrogen and oxygen atoms in total. The van der Waals surface area contributed by atoms with Gasteiger partial charge < -0.3 is 0 Å². The summed E-state index contributed by atoms with van der Waals surface area (Å²) in [7, 11) is 0. The number of hydrogen-bond acceptors (Lipinski definition) is 3. The Morgan fingerprint density at radius 1 is 0.463 bits per heavy atom. The molecule has 8 aromatic rings. The van der Waals surface area contributed by atoms with Gasteiger partial charge in [0.05, 0.1) is 22.4 Å². The van der Waals surface area contributed by atoms with E-state index in [1.54, 1.807) is 0 Å². The Kier molecular flexibility index (Phi) is 5.42. The second-order valence-corrected chi connectivity index (χ2v) is 10.2. The molecule has 192 valence electrons. The second-order valence-electron chi connectivity index (χ2n) is 10.2. The molecule has 3 aromatic heterocycles. The number of para-hydroxylation sites is 1. The van der Waals surface area contributed by atoms with Crippen LogP contribution in [0.25, 0.3) is 72.2 Å². The number of benzene rings is 5. The van der Waals surface area contributed by atoms with Crippen LogP contribution in [0.2, 0.25) is 0 Å². The van der Waals surface area contributed by atoms with Crippen molar-refractivity contribution in [1.29, 1.82) is 0 Å². The summed E-state index contributed by atoms with van der Waals surface area (Å²) in [5.74, 6) is 0.696. The minimum atomic E-state index is 0.696. The lowest BCUT2D eigenvalue weighted by Crippen LogP contribution is -1.95. The SMILES string of the molecule is c1ccc(-c2ccc(-c3nc(-c4cccc(-c5cc6cc7ccccc7cn6n5)c4)nc4ccccc34)cc2)cc1. The van der Waals surface area contributed by atoms with Crippen LogP contribution in [0.1, 0.15) is 0 Å². The molecule has 0 saturated carbocycles. The van der Waals surface area contributed by atoms with Crippen molar-refractivity contribution in [2.75, 3.05) is 0 Å². The molecule has 0 N–H and O–H groups in total. The predicted octanol–water partition coefficient (Wildman–Crippen LogP) is 9.10. The molecule has 0 saturated heterocycles. The molecule has 0 fully saturated rings. The standard InChI is InChI=1S/C37H24N4/c1-2-9-25(10-3-1)26-17-19-27(20-18-26)36-33-15-6-7-16-34(33)38-37(39-36)30-14-8-13-29(21-30)35-23-32-22-28-11-4-5-12-31(28)24-41(32)40-35/h1-24H. The van der Waals surface area contributed by atoms with Crippen molar-refractivity contribution in [3.63, 3.8) is 0 Å². The van der Waals surface area contributed by atoms with Crippen LogP contribution in [0.15, 0.2) is 146 Å². The highest BCUT2D eigenvalue weighted by Crippen LogP contribution is 2.32. The number of hydrogen-bond donors (Lipinski definition) is 0. The molecule has 0 aliphatic heterocycles. The zero-order valence-corrected chi connectivity index (χ0v) is 22.1. The van der Waals surface area contributed by atoms with Gasteiger partial charge in [0.2, 0.25) is 0 Å². The fraction of sp³-hybridized carbons (Fsp3) is 0. The summed E-state index contributed by atoms with van der Waals surface area (Å²) in [4.78, 5) is 10.1. The van der Waals surface area contributed by atoms with E-state index in [0.717, 1.165) is 49.9 Å². The van der Waals surface area contributed by atoms with Crippen LogP contribution in [-0.4, -0.2) is 19.6 Å². The number of nitrogens with zero attached hydrogens (tertiary/aromatic N) is 4. The normalized spacial score (nSPS) is 11.4. The molecule has 0 atom stereocenters. The monoisotopic (exact) mass is 524 g/mol. The fourth-order valence-electron chi connectivity index (χ4n) is 5.51. The molecular formula is C37H24N4. The molecule has 8 rings (SSSR count). The lowest BCUT2D eigenvalue weighted by atomic mass is 10.0. The Hall–Kier alpha value is -5.61. The van der Waals surface area contributed by atoms with Gasteiger partial charge >= 0.3 is 0 Å². The highest BCUT2D eigenvalue weighted by atomic mass is 15.2. The van der Waals surface area contributed by atoms with Crippen molar-refractivity contribution in [1.82, 2.24) is 19.6 Å². The first-order valence-electron chi connectivity index (χ1n) is 13.7. The summed E-state index contributed by atoms with van der Waals surface area (Å²) in [5, 5.41) is 8.29. The van der Waals surface area contributed by atoms with Crippen LogP contribution in [0.3, 0.4) is 0 Å². The average molecular weight is 525 g/mol. The minimum absolute atomic E-state index is 0.696. The van der Waals surface area contributed by atoms with Crippen molar-refractivity contribution in [2.24, 2.45) is 0 Å². The topological polar surface area (TPSA) is 43.1 Å². The first-order chi connectivity index (χ1) is 20.3. The molecule has 4 heteroatoms. The Morgan fingerprint density at radius 3 is 2.02 bits per heavy atom. The van der Waals surface area contributed by atoms with E-state index in [2.05, 4.69) is 128 Å². The van der Waals surface area contributed by atoms with Gasteiger partial charge in [-0.3, -0.25) is 0 Å². The number of rotatable bonds is 4. The van der Waals surface area contributed by atoms with Crippen molar-refractivity contribution < 1.29 is 0 Å². The molecule has 0 aliphatic rings. The number of pyridine rings is 1. The zero-order valence-electron chi connectivity index (χ0n) is 22.1. The molecule has 0 bridgehead atoms. The van der Waals surface area contributed by atoms with Gasteiger partial charge in [-0.25, -0.2) is 14.5 Å². The zero-order chi connectivity index (χ0) is 27.2. The lowest BCUT2D eigenvalue weighted by molar-refractivity contribution is 0.974. The Labute approximate surface area is 237 Å². The Morgan fingerprint density at radius 2 is 1.15 bits per heavy atom.